The van der Waals surface area contributed by atoms with Gasteiger partial charge < -0.3 is 15.0 Å². The molecule has 2 aromatic carbocycles. The number of methoxy groups -OCH3 is 1. The van der Waals surface area contributed by atoms with Crippen LogP contribution in [0, 0.1) is 18.3 Å². The molecule has 3 rings (SSSR count). The summed E-state index contributed by atoms with van der Waals surface area (Å²) in [6.07, 6.45) is 1.64. The lowest BCUT2D eigenvalue weighted by Crippen LogP contribution is -2.23. The predicted octanol–water partition coefficient (Wildman–Crippen LogP) is 3.71. The molecule has 5 heteroatoms. The van der Waals surface area contributed by atoms with Gasteiger partial charge in [0.1, 0.15) is 17.4 Å². The Morgan fingerprint density at radius 2 is 1.96 bits per heavy atom. The van der Waals surface area contributed by atoms with Crippen LogP contribution >= 0.6 is 0 Å². The second kappa shape index (κ2) is 7.58. The van der Waals surface area contributed by atoms with E-state index in [4.69, 9.17) is 4.74 Å². The fraction of sp³-hybridized carbons (Fsp3) is 0.143. The SMILES string of the molecule is COc1ccc(CNC(=O)/C(C#N)=C/c2c(C)[nH]c3ccccc23)cc1. The van der Waals surface area contributed by atoms with E-state index in [0.717, 1.165) is 33.5 Å². The van der Waals surface area contributed by atoms with E-state index in [1.165, 1.54) is 0 Å². The third kappa shape index (κ3) is 3.60. The summed E-state index contributed by atoms with van der Waals surface area (Å²) in [5, 5.41) is 13.2. The zero-order chi connectivity index (χ0) is 18.5. The number of nitrogens with zero attached hydrogens (tertiary/aromatic N) is 1. The highest BCUT2D eigenvalue weighted by molar-refractivity contribution is 6.04. The number of hydrogen-bond acceptors (Lipinski definition) is 3. The highest BCUT2D eigenvalue weighted by atomic mass is 16.5. The van der Waals surface area contributed by atoms with Crippen LogP contribution in [0.2, 0.25) is 0 Å². The summed E-state index contributed by atoms with van der Waals surface area (Å²) >= 11 is 0. The predicted molar refractivity (Wildman–Crippen MR) is 101 cm³/mol. The van der Waals surface area contributed by atoms with Crippen LogP contribution in [0.25, 0.3) is 17.0 Å². The maximum atomic E-state index is 12.4. The zero-order valence-corrected chi connectivity index (χ0v) is 14.7. The van der Waals surface area contributed by atoms with Crippen molar-refractivity contribution in [1.82, 2.24) is 10.3 Å². The van der Waals surface area contributed by atoms with Crippen molar-refractivity contribution in [3.05, 3.63) is 70.9 Å². The van der Waals surface area contributed by atoms with Crippen molar-refractivity contribution < 1.29 is 9.53 Å². The van der Waals surface area contributed by atoms with Gasteiger partial charge in [-0.1, -0.05) is 30.3 Å². The Hall–Kier alpha value is -3.52. The molecule has 0 fully saturated rings. The Balaban J connectivity index is 1.78. The van der Waals surface area contributed by atoms with Crippen molar-refractivity contribution in [2.45, 2.75) is 13.5 Å². The molecule has 0 saturated heterocycles. The quantitative estimate of drug-likeness (QED) is 0.546. The first-order valence-corrected chi connectivity index (χ1v) is 8.22. The number of nitriles is 1. The molecule has 0 aliphatic heterocycles. The smallest absolute Gasteiger partial charge is 0.262 e. The summed E-state index contributed by atoms with van der Waals surface area (Å²) in [6.45, 7) is 2.27. The minimum absolute atomic E-state index is 0.0753. The molecule has 1 amide bonds. The van der Waals surface area contributed by atoms with E-state index in [1.54, 1.807) is 13.2 Å². The third-order valence-corrected chi connectivity index (χ3v) is 4.21. The number of ether oxygens (including phenoxy) is 1. The third-order valence-electron chi connectivity index (χ3n) is 4.21. The number of aryl methyl sites for hydroxylation is 1. The summed E-state index contributed by atoms with van der Waals surface area (Å²) in [5.74, 6) is 0.362. The maximum absolute atomic E-state index is 12.4. The monoisotopic (exact) mass is 345 g/mol. The van der Waals surface area contributed by atoms with Gasteiger partial charge in [-0.05, 0) is 36.8 Å². The molecule has 0 aliphatic carbocycles. The van der Waals surface area contributed by atoms with Crippen molar-refractivity contribution >= 4 is 22.9 Å². The number of aromatic nitrogens is 1. The molecule has 1 aromatic heterocycles. The summed E-state index contributed by atoms with van der Waals surface area (Å²) in [6, 6.07) is 17.2. The molecule has 0 aliphatic rings. The summed E-state index contributed by atoms with van der Waals surface area (Å²) in [5.41, 5.74) is 3.76. The molecule has 1 heterocycles. The highest BCUT2D eigenvalue weighted by Gasteiger charge is 2.12. The Morgan fingerprint density at radius 1 is 1.23 bits per heavy atom. The van der Waals surface area contributed by atoms with Gasteiger partial charge in [0.25, 0.3) is 5.91 Å². The van der Waals surface area contributed by atoms with Gasteiger partial charge >= 0.3 is 0 Å². The lowest BCUT2D eigenvalue weighted by Gasteiger charge is -2.06. The topological polar surface area (TPSA) is 77.9 Å². The highest BCUT2D eigenvalue weighted by Crippen LogP contribution is 2.24. The normalized spacial score (nSPS) is 11.2. The van der Waals surface area contributed by atoms with Crippen molar-refractivity contribution in [2.24, 2.45) is 0 Å². The van der Waals surface area contributed by atoms with Crippen LogP contribution in [0.15, 0.2) is 54.1 Å². The average Bonchev–Trinajstić information content (AvgIpc) is 2.99. The molecule has 5 nitrogen and oxygen atoms in total. The number of para-hydroxylation sites is 1. The Labute approximate surface area is 151 Å². The molecule has 3 aromatic rings. The number of benzene rings is 2. The number of rotatable bonds is 5. The van der Waals surface area contributed by atoms with Gasteiger partial charge in [-0.25, -0.2) is 0 Å². The summed E-state index contributed by atoms with van der Waals surface area (Å²) < 4.78 is 5.11. The number of nitrogens with one attached hydrogen (secondary N) is 2. The molecule has 2 N–H and O–H groups in total. The zero-order valence-electron chi connectivity index (χ0n) is 14.7. The molecule has 0 spiro atoms. The number of carbonyl (C=O) groups is 1. The second-order valence-electron chi connectivity index (χ2n) is 5.91. The average molecular weight is 345 g/mol. The van der Waals surface area contributed by atoms with Gasteiger partial charge in [0.2, 0.25) is 0 Å². The Kier molecular flexibility index (Phi) is 5.04. The summed E-state index contributed by atoms with van der Waals surface area (Å²) in [7, 11) is 1.60. The Morgan fingerprint density at radius 3 is 2.65 bits per heavy atom. The fourth-order valence-electron chi connectivity index (χ4n) is 2.80. The number of carbonyl (C=O) groups excluding carboxylic acids is 1. The molecule has 130 valence electrons. The number of H-pyrrole nitrogens is 1. The van der Waals surface area contributed by atoms with Crippen molar-refractivity contribution in [3.63, 3.8) is 0 Å². The van der Waals surface area contributed by atoms with E-state index in [0.29, 0.717) is 6.54 Å². The van der Waals surface area contributed by atoms with Crippen molar-refractivity contribution in [2.75, 3.05) is 7.11 Å². The number of aromatic amines is 1. The molecule has 0 saturated carbocycles. The largest absolute Gasteiger partial charge is 0.497 e. The number of amides is 1. The van der Waals surface area contributed by atoms with Gasteiger partial charge in [-0.3, -0.25) is 4.79 Å². The number of hydrogen-bond donors (Lipinski definition) is 2. The maximum Gasteiger partial charge on any atom is 0.262 e. The van der Waals surface area contributed by atoms with E-state index in [1.807, 2.05) is 61.5 Å². The van der Waals surface area contributed by atoms with Crippen LogP contribution in [0.1, 0.15) is 16.8 Å². The van der Waals surface area contributed by atoms with Gasteiger partial charge in [0, 0.05) is 28.7 Å². The van der Waals surface area contributed by atoms with Crippen LogP contribution in [0.4, 0.5) is 0 Å². The van der Waals surface area contributed by atoms with Crippen molar-refractivity contribution in [3.8, 4) is 11.8 Å². The molecule has 26 heavy (non-hydrogen) atoms. The minimum Gasteiger partial charge on any atom is -0.497 e. The minimum atomic E-state index is -0.395. The lowest BCUT2D eigenvalue weighted by molar-refractivity contribution is -0.117. The first kappa shape index (κ1) is 17.3. The second-order valence-corrected chi connectivity index (χ2v) is 5.91. The van der Waals surface area contributed by atoms with Gasteiger partial charge in [0.05, 0.1) is 7.11 Å². The van der Waals surface area contributed by atoms with Gasteiger partial charge in [0.15, 0.2) is 0 Å². The molecule has 0 atom stereocenters. The Bertz CT molecular complexity index is 1010. The van der Waals surface area contributed by atoms with E-state index in [2.05, 4.69) is 10.3 Å². The van der Waals surface area contributed by atoms with Crippen LogP contribution in [-0.2, 0) is 11.3 Å². The molecular formula is C21H19N3O2. The molecular weight excluding hydrogens is 326 g/mol. The van der Waals surface area contributed by atoms with Crippen LogP contribution in [0.5, 0.6) is 5.75 Å². The molecule has 0 bridgehead atoms. The standard InChI is InChI=1S/C21H19N3O2/c1-14-19(18-5-3-4-6-20(18)24-14)11-16(12-22)21(25)23-13-15-7-9-17(26-2)10-8-15/h3-11,24H,13H2,1-2H3,(H,23,25)/b16-11+. The first-order valence-electron chi connectivity index (χ1n) is 8.22. The van der Waals surface area contributed by atoms with Crippen molar-refractivity contribution in [1.29, 1.82) is 5.26 Å². The van der Waals surface area contributed by atoms with E-state index in [-0.39, 0.29) is 5.57 Å². The summed E-state index contributed by atoms with van der Waals surface area (Å²) in [4.78, 5) is 15.7. The van der Waals surface area contributed by atoms with Crippen LogP contribution in [0.3, 0.4) is 0 Å². The van der Waals surface area contributed by atoms with E-state index >= 15 is 0 Å². The number of fused-ring (bicyclic) bond motifs is 1. The van der Waals surface area contributed by atoms with Gasteiger partial charge in [-0.2, -0.15) is 5.26 Å². The van der Waals surface area contributed by atoms with E-state index < -0.39 is 5.91 Å². The van der Waals surface area contributed by atoms with Crippen LogP contribution in [-0.4, -0.2) is 18.0 Å². The first-order chi connectivity index (χ1) is 12.6. The van der Waals surface area contributed by atoms with Gasteiger partial charge in [-0.15, -0.1) is 0 Å². The van der Waals surface area contributed by atoms with E-state index in [9.17, 15) is 10.1 Å². The molecule has 0 unspecified atom stereocenters. The molecule has 0 radical (unpaired) electrons. The lowest BCUT2D eigenvalue weighted by atomic mass is 10.1. The fourth-order valence-corrected chi connectivity index (χ4v) is 2.80. The van der Waals surface area contributed by atoms with Crippen LogP contribution < -0.4 is 10.1 Å².